The maximum absolute atomic E-state index is 12.3. The van der Waals surface area contributed by atoms with E-state index in [0.29, 0.717) is 0 Å². The molecule has 4 heteroatoms. The van der Waals surface area contributed by atoms with E-state index in [1.165, 1.54) is 12.3 Å². The first-order chi connectivity index (χ1) is 9.01. The Bertz CT molecular complexity index is 580. The maximum Gasteiger partial charge on any atom is 0.235 e. The summed E-state index contributed by atoms with van der Waals surface area (Å²) in [6.45, 7) is 3.66. The zero-order valence-corrected chi connectivity index (χ0v) is 10.9. The van der Waals surface area contributed by atoms with Crippen LogP contribution >= 0.6 is 0 Å². The van der Waals surface area contributed by atoms with Crippen molar-refractivity contribution in [2.75, 3.05) is 5.32 Å². The summed E-state index contributed by atoms with van der Waals surface area (Å²) in [4.78, 5) is 16.3. The van der Waals surface area contributed by atoms with Crippen LogP contribution in [0.2, 0.25) is 0 Å². The third-order valence-corrected chi connectivity index (χ3v) is 3.08. The van der Waals surface area contributed by atoms with Gasteiger partial charge in [-0.05, 0) is 31.5 Å². The lowest BCUT2D eigenvalue weighted by atomic mass is 9.84. The highest BCUT2D eigenvalue weighted by Gasteiger charge is 2.30. The molecule has 4 nitrogen and oxygen atoms in total. The second-order valence-corrected chi connectivity index (χ2v) is 4.82. The van der Waals surface area contributed by atoms with Gasteiger partial charge in [0.05, 0.1) is 5.41 Å². The van der Waals surface area contributed by atoms with Gasteiger partial charge in [0.15, 0.2) is 11.6 Å². The van der Waals surface area contributed by atoms with E-state index >= 15 is 0 Å². The van der Waals surface area contributed by atoms with Crippen molar-refractivity contribution in [1.29, 1.82) is 0 Å². The molecule has 0 bridgehead atoms. The van der Waals surface area contributed by atoms with Crippen LogP contribution in [0, 0.1) is 0 Å². The molecule has 0 spiro atoms. The van der Waals surface area contributed by atoms with Gasteiger partial charge in [0, 0.05) is 6.20 Å². The first-order valence-corrected chi connectivity index (χ1v) is 6.03. The summed E-state index contributed by atoms with van der Waals surface area (Å²) in [7, 11) is 0. The summed E-state index contributed by atoms with van der Waals surface area (Å²) in [5.74, 6) is -0.0797. The summed E-state index contributed by atoms with van der Waals surface area (Å²) in [6, 6.07) is 12.6. The van der Waals surface area contributed by atoms with Gasteiger partial charge in [-0.3, -0.25) is 4.79 Å². The Balaban J connectivity index is 2.23. The predicted octanol–water partition coefficient (Wildman–Crippen LogP) is 2.70. The van der Waals surface area contributed by atoms with Crippen LogP contribution in [-0.2, 0) is 10.2 Å². The highest BCUT2D eigenvalue weighted by molar-refractivity contribution is 5.98. The molecule has 0 radical (unpaired) electrons. The van der Waals surface area contributed by atoms with Crippen molar-refractivity contribution in [3.8, 4) is 5.75 Å². The zero-order valence-electron chi connectivity index (χ0n) is 10.9. The van der Waals surface area contributed by atoms with Crippen molar-refractivity contribution in [2.45, 2.75) is 19.3 Å². The van der Waals surface area contributed by atoms with E-state index in [1.54, 1.807) is 6.07 Å². The van der Waals surface area contributed by atoms with Crippen molar-refractivity contribution < 1.29 is 9.90 Å². The SMILES string of the molecule is CC(C)(C(=O)Nc1ncccc1O)c1ccccc1. The Morgan fingerprint density at radius 1 is 1.16 bits per heavy atom. The van der Waals surface area contributed by atoms with Crippen LogP contribution in [0.5, 0.6) is 5.75 Å². The first-order valence-electron chi connectivity index (χ1n) is 6.03. The summed E-state index contributed by atoms with van der Waals surface area (Å²) < 4.78 is 0. The van der Waals surface area contributed by atoms with E-state index < -0.39 is 5.41 Å². The molecular formula is C15H16N2O2. The van der Waals surface area contributed by atoms with Crippen molar-refractivity contribution in [3.63, 3.8) is 0 Å². The van der Waals surface area contributed by atoms with Gasteiger partial charge >= 0.3 is 0 Å². The van der Waals surface area contributed by atoms with Gasteiger partial charge in [0.2, 0.25) is 5.91 Å². The minimum atomic E-state index is -0.703. The minimum Gasteiger partial charge on any atom is -0.504 e. The number of aromatic nitrogens is 1. The second-order valence-electron chi connectivity index (χ2n) is 4.82. The lowest BCUT2D eigenvalue weighted by molar-refractivity contribution is -0.120. The van der Waals surface area contributed by atoms with Gasteiger partial charge < -0.3 is 10.4 Å². The molecule has 98 valence electrons. The Labute approximate surface area is 112 Å². The predicted molar refractivity (Wildman–Crippen MR) is 74.0 cm³/mol. The number of carbonyl (C=O) groups excluding carboxylic acids is 1. The molecule has 0 fully saturated rings. The molecule has 1 heterocycles. The Kier molecular flexibility index (Phi) is 3.51. The number of hydrogen-bond donors (Lipinski definition) is 2. The van der Waals surface area contributed by atoms with Crippen molar-refractivity contribution in [3.05, 3.63) is 54.2 Å². The number of hydrogen-bond acceptors (Lipinski definition) is 3. The van der Waals surface area contributed by atoms with Crippen LogP contribution in [0.3, 0.4) is 0 Å². The first kappa shape index (κ1) is 13.1. The number of aromatic hydroxyl groups is 1. The molecule has 2 aromatic rings. The molecular weight excluding hydrogens is 240 g/mol. The van der Waals surface area contributed by atoms with Gasteiger partial charge in [0.1, 0.15) is 0 Å². The lowest BCUT2D eigenvalue weighted by Gasteiger charge is -2.24. The van der Waals surface area contributed by atoms with Crippen molar-refractivity contribution in [1.82, 2.24) is 4.98 Å². The minimum absolute atomic E-state index is 0.0419. The molecule has 0 saturated heterocycles. The highest BCUT2D eigenvalue weighted by Crippen LogP contribution is 2.26. The monoisotopic (exact) mass is 256 g/mol. The average molecular weight is 256 g/mol. The molecule has 2 rings (SSSR count). The number of anilines is 1. The molecule has 1 amide bonds. The Morgan fingerprint density at radius 2 is 1.84 bits per heavy atom. The summed E-state index contributed by atoms with van der Waals surface area (Å²) in [5.41, 5.74) is 0.202. The van der Waals surface area contributed by atoms with Crippen LogP contribution in [0.25, 0.3) is 0 Å². The highest BCUT2D eigenvalue weighted by atomic mass is 16.3. The molecule has 0 unspecified atom stereocenters. The van der Waals surface area contributed by atoms with Crippen molar-refractivity contribution >= 4 is 11.7 Å². The molecule has 0 atom stereocenters. The second kappa shape index (κ2) is 5.10. The molecule has 0 aliphatic carbocycles. The number of carbonyl (C=O) groups is 1. The number of benzene rings is 1. The normalized spacial score (nSPS) is 11.1. The van der Waals surface area contributed by atoms with Gasteiger partial charge in [-0.15, -0.1) is 0 Å². The average Bonchev–Trinajstić information content (AvgIpc) is 2.42. The van der Waals surface area contributed by atoms with E-state index in [1.807, 2.05) is 44.2 Å². The number of amides is 1. The molecule has 0 aliphatic rings. The fraction of sp³-hybridized carbons (Fsp3) is 0.200. The third-order valence-electron chi connectivity index (χ3n) is 3.08. The molecule has 19 heavy (non-hydrogen) atoms. The molecule has 2 N–H and O–H groups in total. The number of rotatable bonds is 3. The molecule has 1 aromatic carbocycles. The number of nitrogens with zero attached hydrogens (tertiary/aromatic N) is 1. The standard InChI is InChI=1S/C15H16N2O2/c1-15(2,11-7-4-3-5-8-11)14(19)17-13-12(18)9-6-10-16-13/h3-10,18H,1-2H3,(H,16,17,19). The van der Waals surface area contributed by atoms with Crippen LogP contribution in [0.4, 0.5) is 5.82 Å². The smallest absolute Gasteiger partial charge is 0.235 e. The van der Waals surface area contributed by atoms with Gasteiger partial charge in [0.25, 0.3) is 0 Å². The van der Waals surface area contributed by atoms with Crippen LogP contribution in [-0.4, -0.2) is 16.0 Å². The summed E-state index contributed by atoms with van der Waals surface area (Å²) in [6.07, 6.45) is 1.52. The third kappa shape index (κ3) is 2.73. The van der Waals surface area contributed by atoms with Crippen LogP contribution < -0.4 is 5.32 Å². The quantitative estimate of drug-likeness (QED) is 0.887. The van der Waals surface area contributed by atoms with Gasteiger partial charge in [-0.2, -0.15) is 0 Å². The zero-order chi connectivity index (χ0) is 13.9. The molecule has 0 aliphatic heterocycles. The number of nitrogens with one attached hydrogen (secondary N) is 1. The maximum atomic E-state index is 12.3. The van der Waals surface area contributed by atoms with Crippen LogP contribution in [0.15, 0.2) is 48.7 Å². The molecule has 0 saturated carbocycles. The largest absolute Gasteiger partial charge is 0.504 e. The Hall–Kier alpha value is -2.36. The van der Waals surface area contributed by atoms with Crippen molar-refractivity contribution in [2.24, 2.45) is 0 Å². The number of pyridine rings is 1. The lowest BCUT2D eigenvalue weighted by Crippen LogP contribution is -2.34. The van der Waals surface area contributed by atoms with Gasteiger partial charge in [-0.1, -0.05) is 30.3 Å². The Morgan fingerprint density at radius 3 is 2.47 bits per heavy atom. The fourth-order valence-corrected chi connectivity index (χ4v) is 1.74. The van der Waals surface area contributed by atoms with Crippen LogP contribution in [0.1, 0.15) is 19.4 Å². The van der Waals surface area contributed by atoms with E-state index in [4.69, 9.17) is 0 Å². The topological polar surface area (TPSA) is 62.2 Å². The van der Waals surface area contributed by atoms with E-state index in [9.17, 15) is 9.90 Å². The molecule has 1 aromatic heterocycles. The van der Waals surface area contributed by atoms with E-state index in [0.717, 1.165) is 5.56 Å². The summed E-state index contributed by atoms with van der Waals surface area (Å²) in [5, 5.41) is 12.3. The van der Waals surface area contributed by atoms with E-state index in [-0.39, 0.29) is 17.5 Å². The van der Waals surface area contributed by atoms with E-state index in [2.05, 4.69) is 10.3 Å². The van der Waals surface area contributed by atoms with Gasteiger partial charge in [-0.25, -0.2) is 4.98 Å². The summed E-state index contributed by atoms with van der Waals surface area (Å²) >= 11 is 0. The fourth-order valence-electron chi connectivity index (χ4n) is 1.74.